The van der Waals surface area contributed by atoms with Crippen LogP contribution in [0.4, 0.5) is 9.93 Å². The highest BCUT2D eigenvalue weighted by atomic mass is 32.1. The molecule has 2 N–H and O–H groups in total. The third kappa shape index (κ3) is 3.09. The van der Waals surface area contributed by atoms with E-state index < -0.39 is 0 Å². The number of carbonyl (C=O) groups is 1. The summed E-state index contributed by atoms with van der Waals surface area (Å²) < 4.78 is 2.10. The van der Waals surface area contributed by atoms with Crippen molar-refractivity contribution in [1.82, 2.24) is 19.9 Å². The van der Waals surface area contributed by atoms with Crippen molar-refractivity contribution in [2.24, 2.45) is 0 Å². The number of aromatic nitrogens is 3. The van der Waals surface area contributed by atoms with Crippen LogP contribution < -0.4 is 10.6 Å². The molecule has 2 aromatic heterocycles. The highest BCUT2D eigenvalue weighted by molar-refractivity contribution is 7.13. The molecule has 0 spiro atoms. The van der Waals surface area contributed by atoms with Gasteiger partial charge in [0, 0.05) is 18.5 Å². The van der Waals surface area contributed by atoms with Crippen molar-refractivity contribution in [3.63, 3.8) is 0 Å². The van der Waals surface area contributed by atoms with Crippen molar-refractivity contribution in [1.29, 1.82) is 0 Å². The minimum absolute atomic E-state index is 0.239. The molecule has 0 bridgehead atoms. The first kappa shape index (κ1) is 14.5. The zero-order valence-electron chi connectivity index (χ0n) is 12.5. The molecule has 3 aromatic rings. The lowest BCUT2D eigenvalue weighted by atomic mass is 10.3. The van der Waals surface area contributed by atoms with Gasteiger partial charge >= 0.3 is 6.03 Å². The summed E-state index contributed by atoms with van der Waals surface area (Å²) in [6.07, 6.45) is 0. The van der Waals surface area contributed by atoms with Gasteiger partial charge in [-0.05, 0) is 26.0 Å². The quantitative estimate of drug-likeness (QED) is 0.777. The lowest BCUT2D eigenvalue weighted by Crippen LogP contribution is -2.31. The summed E-state index contributed by atoms with van der Waals surface area (Å²) >= 11 is 1.42. The number of para-hydroxylation sites is 2. The Morgan fingerprint density at radius 2 is 2.09 bits per heavy atom. The Labute approximate surface area is 132 Å². The number of nitrogens with zero attached hydrogens (tertiary/aromatic N) is 3. The van der Waals surface area contributed by atoms with Crippen LogP contribution in [0.3, 0.4) is 0 Å². The number of carbonyl (C=O) groups excluding carboxylic acids is 1. The van der Waals surface area contributed by atoms with Gasteiger partial charge < -0.3 is 9.88 Å². The maximum atomic E-state index is 11.8. The minimum Gasteiger partial charge on any atom is -0.336 e. The molecule has 7 heteroatoms. The van der Waals surface area contributed by atoms with E-state index in [-0.39, 0.29) is 6.03 Å². The van der Waals surface area contributed by atoms with Gasteiger partial charge in [-0.2, -0.15) is 0 Å². The first-order valence-electron chi connectivity index (χ1n) is 7.02. The van der Waals surface area contributed by atoms with Gasteiger partial charge in [0.25, 0.3) is 0 Å². The highest BCUT2D eigenvalue weighted by Gasteiger charge is 2.08. The lowest BCUT2D eigenvalue weighted by Gasteiger charge is -2.08. The van der Waals surface area contributed by atoms with Crippen molar-refractivity contribution >= 4 is 33.5 Å². The van der Waals surface area contributed by atoms with Crippen molar-refractivity contribution < 1.29 is 4.79 Å². The molecule has 22 heavy (non-hydrogen) atoms. The molecule has 0 fully saturated rings. The number of urea groups is 1. The number of hydrogen-bond acceptors (Lipinski definition) is 4. The van der Waals surface area contributed by atoms with Gasteiger partial charge in [0.15, 0.2) is 5.13 Å². The standard InChI is InChI=1S/C15H17N5OS/c1-10-9-22-15(17-10)19-14(21)16-7-8-20-11(2)18-12-5-3-4-6-13(12)20/h3-6,9H,7-8H2,1-2H3,(H2,16,17,19,21). The number of benzene rings is 1. The molecule has 0 radical (unpaired) electrons. The molecule has 6 nitrogen and oxygen atoms in total. The van der Waals surface area contributed by atoms with Gasteiger partial charge in [0.1, 0.15) is 5.82 Å². The summed E-state index contributed by atoms with van der Waals surface area (Å²) in [6, 6.07) is 7.75. The Balaban J connectivity index is 1.58. The summed E-state index contributed by atoms with van der Waals surface area (Å²) in [4.78, 5) is 20.5. The minimum atomic E-state index is -0.239. The molecule has 2 amide bonds. The molecule has 0 aliphatic carbocycles. The van der Waals surface area contributed by atoms with E-state index in [0.717, 1.165) is 22.6 Å². The molecule has 1 aromatic carbocycles. The van der Waals surface area contributed by atoms with E-state index in [9.17, 15) is 4.79 Å². The van der Waals surface area contributed by atoms with Gasteiger partial charge in [-0.3, -0.25) is 5.32 Å². The summed E-state index contributed by atoms with van der Waals surface area (Å²) in [5, 5.41) is 8.08. The normalized spacial score (nSPS) is 10.8. The van der Waals surface area contributed by atoms with Crippen molar-refractivity contribution in [3.05, 3.63) is 41.2 Å². The van der Waals surface area contributed by atoms with Crippen molar-refractivity contribution in [3.8, 4) is 0 Å². The Morgan fingerprint density at radius 1 is 1.27 bits per heavy atom. The van der Waals surface area contributed by atoms with Gasteiger partial charge in [0.2, 0.25) is 0 Å². The number of hydrogen-bond donors (Lipinski definition) is 2. The second kappa shape index (κ2) is 6.15. The topological polar surface area (TPSA) is 71.8 Å². The van der Waals surface area contributed by atoms with E-state index >= 15 is 0 Å². The van der Waals surface area contributed by atoms with E-state index in [2.05, 4.69) is 25.2 Å². The third-order valence-electron chi connectivity index (χ3n) is 3.31. The molecular formula is C15H17N5OS. The van der Waals surface area contributed by atoms with Gasteiger partial charge in [0.05, 0.1) is 16.7 Å². The predicted molar refractivity (Wildman–Crippen MR) is 88.3 cm³/mol. The molecule has 0 saturated carbocycles. The number of fused-ring (bicyclic) bond motifs is 1. The average Bonchev–Trinajstić information content (AvgIpc) is 3.03. The van der Waals surface area contributed by atoms with Crippen LogP contribution in [0.25, 0.3) is 11.0 Å². The summed E-state index contributed by atoms with van der Waals surface area (Å²) in [7, 11) is 0. The molecule has 0 saturated heterocycles. The lowest BCUT2D eigenvalue weighted by molar-refractivity contribution is 0.251. The molecule has 2 heterocycles. The molecule has 3 rings (SSSR count). The number of amides is 2. The fraction of sp³-hybridized carbons (Fsp3) is 0.267. The zero-order valence-corrected chi connectivity index (χ0v) is 13.3. The first-order valence-corrected chi connectivity index (χ1v) is 7.90. The maximum absolute atomic E-state index is 11.8. The number of imidazole rings is 1. The smallest absolute Gasteiger partial charge is 0.321 e. The summed E-state index contributed by atoms with van der Waals surface area (Å²) in [5.74, 6) is 0.943. The molecule has 114 valence electrons. The average molecular weight is 315 g/mol. The Bertz CT molecular complexity index is 807. The number of nitrogens with one attached hydrogen (secondary N) is 2. The summed E-state index contributed by atoms with van der Waals surface area (Å²) in [5.41, 5.74) is 2.96. The van der Waals surface area contributed by atoms with Crippen LogP contribution in [-0.2, 0) is 6.54 Å². The van der Waals surface area contributed by atoms with E-state index in [0.29, 0.717) is 18.2 Å². The molecule has 0 unspecified atom stereocenters. The van der Waals surface area contributed by atoms with E-state index in [1.54, 1.807) is 0 Å². The molecular weight excluding hydrogens is 298 g/mol. The number of rotatable bonds is 4. The number of aryl methyl sites for hydroxylation is 2. The van der Waals surface area contributed by atoms with Crippen LogP contribution in [0.2, 0.25) is 0 Å². The Morgan fingerprint density at radius 3 is 2.86 bits per heavy atom. The Hall–Kier alpha value is -2.41. The fourth-order valence-corrected chi connectivity index (χ4v) is 3.00. The van der Waals surface area contributed by atoms with Gasteiger partial charge in [-0.25, -0.2) is 14.8 Å². The molecule has 0 aliphatic rings. The summed E-state index contributed by atoms with van der Waals surface area (Å²) in [6.45, 7) is 5.07. The molecule has 0 atom stereocenters. The SMILES string of the molecule is Cc1csc(NC(=O)NCCn2c(C)nc3ccccc32)n1. The second-order valence-corrected chi connectivity index (χ2v) is 5.83. The van der Waals surface area contributed by atoms with E-state index in [1.165, 1.54) is 11.3 Å². The van der Waals surface area contributed by atoms with Crippen LogP contribution in [0.1, 0.15) is 11.5 Å². The van der Waals surface area contributed by atoms with E-state index in [4.69, 9.17) is 0 Å². The van der Waals surface area contributed by atoms with Crippen LogP contribution in [0, 0.1) is 13.8 Å². The van der Waals surface area contributed by atoms with Crippen molar-refractivity contribution in [2.45, 2.75) is 20.4 Å². The maximum Gasteiger partial charge on any atom is 0.321 e. The number of thiazole rings is 1. The zero-order chi connectivity index (χ0) is 15.5. The fourth-order valence-electron chi connectivity index (χ4n) is 2.31. The van der Waals surface area contributed by atoms with Gasteiger partial charge in [-0.15, -0.1) is 11.3 Å². The largest absolute Gasteiger partial charge is 0.336 e. The first-order chi connectivity index (χ1) is 10.6. The second-order valence-electron chi connectivity index (χ2n) is 4.97. The number of anilines is 1. The molecule has 0 aliphatic heterocycles. The van der Waals surface area contributed by atoms with Gasteiger partial charge in [-0.1, -0.05) is 12.1 Å². The van der Waals surface area contributed by atoms with Crippen LogP contribution >= 0.6 is 11.3 Å². The monoisotopic (exact) mass is 315 g/mol. The predicted octanol–water partition coefficient (Wildman–Crippen LogP) is 2.93. The Kier molecular flexibility index (Phi) is 4.06. The van der Waals surface area contributed by atoms with E-state index in [1.807, 2.05) is 43.5 Å². The van der Waals surface area contributed by atoms with Crippen molar-refractivity contribution in [2.75, 3.05) is 11.9 Å². The highest BCUT2D eigenvalue weighted by Crippen LogP contribution is 2.15. The van der Waals surface area contributed by atoms with Crippen LogP contribution in [0.15, 0.2) is 29.6 Å². The van der Waals surface area contributed by atoms with Crippen LogP contribution in [0.5, 0.6) is 0 Å². The van der Waals surface area contributed by atoms with Crippen LogP contribution in [-0.4, -0.2) is 27.1 Å². The third-order valence-corrected chi connectivity index (χ3v) is 4.18.